The van der Waals surface area contributed by atoms with Crippen molar-refractivity contribution in [2.45, 2.75) is 6.36 Å². The zero-order chi connectivity index (χ0) is 16.3. The van der Waals surface area contributed by atoms with Gasteiger partial charge in [-0.15, -0.1) is 13.2 Å². The molecule has 0 amide bonds. The normalized spacial score (nSPS) is 10.9. The van der Waals surface area contributed by atoms with Gasteiger partial charge in [-0.2, -0.15) is 5.10 Å². The van der Waals surface area contributed by atoms with E-state index in [9.17, 15) is 13.2 Å². The number of imidazole rings is 1. The number of halogens is 3. The molecule has 0 N–H and O–H groups in total. The van der Waals surface area contributed by atoms with Crippen LogP contribution in [0.25, 0.3) is 5.69 Å². The van der Waals surface area contributed by atoms with E-state index in [-0.39, 0.29) is 5.75 Å². The van der Waals surface area contributed by atoms with Crippen LogP contribution in [0.3, 0.4) is 0 Å². The van der Waals surface area contributed by atoms with Gasteiger partial charge >= 0.3 is 6.36 Å². The molecule has 23 heavy (non-hydrogen) atoms. The standard InChI is InChI=1S/C15H9F3N4O/c16-15(17,18)23-14-3-1-13(2-4-14)22-10-12(9-20-22)5-7-21-8-6-19-11-21/h1-4,6,8-11H. The van der Waals surface area contributed by atoms with Crippen molar-refractivity contribution in [2.24, 2.45) is 0 Å². The molecular weight excluding hydrogens is 309 g/mol. The SMILES string of the molecule is FC(F)(F)Oc1ccc(-n2cc(C#Cn3ccnc3)cn2)cc1. The molecule has 0 unspecified atom stereocenters. The maximum atomic E-state index is 12.1. The smallest absolute Gasteiger partial charge is 0.406 e. The van der Waals surface area contributed by atoms with Crippen LogP contribution in [0.15, 0.2) is 55.4 Å². The monoisotopic (exact) mass is 318 g/mol. The molecular formula is C15H9F3N4O. The average molecular weight is 318 g/mol. The number of aromatic nitrogens is 4. The van der Waals surface area contributed by atoms with Crippen molar-refractivity contribution >= 4 is 0 Å². The lowest BCUT2D eigenvalue weighted by atomic mass is 10.3. The first-order chi connectivity index (χ1) is 11.0. The van der Waals surface area contributed by atoms with Crippen LogP contribution in [-0.4, -0.2) is 25.7 Å². The molecule has 0 spiro atoms. The first kappa shape index (κ1) is 14.7. The number of hydrogen-bond donors (Lipinski definition) is 0. The van der Waals surface area contributed by atoms with Crippen LogP contribution in [0.2, 0.25) is 0 Å². The largest absolute Gasteiger partial charge is 0.573 e. The highest BCUT2D eigenvalue weighted by atomic mass is 19.4. The van der Waals surface area contributed by atoms with Crippen LogP contribution >= 0.6 is 0 Å². The number of ether oxygens (including phenoxy) is 1. The summed E-state index contributed by atoms with van der Waals surface area (Å²) in [7, 11) is 0. The van der Waals surface area contributed by atoms with E-state index in [1.807, 2.05) is 0 Å². The molecule has 2 aromatic heterocycles. The second-order valence-corrected chi connectivity index (χ2v) is 4.42. The van der Waals surface area contributed by atoms with E-state index in [1.165, 1.54) is 28.9 Å². The van der Waals surface area contributed by atoms with Crippen molar-refractivity contribution in [3.8, 4) is 23.4 Å². The molecule has 3 rings (SSSR count). The average Bonchev–Trinajstić information content (AvgIpc) is 3.16. The second kappa shape index (κ2) is 5.88. The minimum Gasteiger partial charge on any atom is -0.406 e. The minimum absolute atomic E-state index is 0.284. The summed E-state index contributed by atoms with van der Waals surface area (Å²) in [4.78, 5) is 3.87. The van der Waals surface area contributed by atoms with Gasteiger partial charge in [-0.05, 0) is 30.2 Å². The Balaban J connectivity index is 1.75. The summed E-state index contributed by atoms with van der Waals surface area (Å²) < 4.78 is 43.2. The molecule has 0 atom stereocenters. The fourth-order valence-corrected chi connectivity index (χ4v) is 1.78. The number of hydrogen-bond acceptors (Lipinski definition) is 3. The van der Waals surface area contributed by atoms with Crippen molar-refractivity contribution in [1.82, 2.24) is 19.3 Å². The highest BCUT2D eigenvalue weighted by molar-refractivity contribution is 5.39. The van der Waals surface area contributed by atoms with E-state index in [1.54, 1.807) is 35.7 Å². The molecule has 0 aliphatic rings. The molecule has 0 aliphatic heterocycles. The molecule has 0 saturated heterocycles. The van der Waals surface area contributed by atoms with Gasteiger partial charge in [-0.1, -0.05) is 0 Å². The third-order valence-corrected chi connectivity index (χ3v) is 2.75. The van der Waals surface area contributed by atoms with Crippen LogP contribution in [0.5, 0.6) is 5.75 Å². The van der Waals surface area contributed by atoms with Gasteiger partial charge in [0.05, 0.1) is 17.4 Å². The van der Waals surface area contributed by atoms with E-state index < -0.39 is 6.36 Å². The van der Waals surface area contributed by atoms with Crippen molar-refractivity contribution in [3.63, 3.8) is 0 Å². The maximum Gasteiger partial charge on any atom is 0.573 e. The predicted molar refractivity (Wildman–Crippen MR) is 74.8 cm³/mol. The number of alkyl halides is 3. The van der Waals surface area contributed by atoms with E-state index in [2.05, 4.69) is 26.8 Å². The van der Waals surface area contributed by atoms with Crippen LogP contribution in [0, 0.1) is 12.0 Å². The summed E-state index contributed by atoms with van der Waals surface area (Å²) in [5.41, 5.74) is 1.25. The maximum absolute atomic E-state index is 12.1. The Morgan fingerprint density at radius 2 is 1.91 bits per heavy atom. The summed E-state index contributed by atoms with van der Waals surface area (Å²) in [6.07, 6.45) is 3.41. The summed E-state index contributed by atoms with van der Waals surface area (Å²) in [6, 6.07) is 8.24. The molecule has 2 heterocycles. The summed E-state index contributed by atoms with van der Waals surface area (Å²) in [6.45, 7) is 0. The van der Waals surface area contributed by atoms with Crippen molar-refractivity contribution in [3.05, 3.63) is 60.9 Å². The molecule has 3 aromatic rings. The quantitative estimate of drug-likeness (QED) is 0.683. The highest BCUT2D eigenvalue weighted by Crippen LogP contribution is 2.23. The Labute approximate surface area is 128 Å². The van der Waals surface area contributed by atoms with Gasteiger partial charge in [0.15, 0.2) is 0 Å². The van der Waals surface area contributed by atoms with Crippen LogP contribution in [-0.2, 0) is 0 Å². The lowest BCUT2D eigenvalue weighted by Gasteiger charge is -2.09. The molecule has 0 radical (unpaired) electrons. The number of nitrogens with zero attached hydrogens (tertiary/aromatic N) is 4. The number of rotatable bonds is 2. The minimum atomic E-state index is -4.71. The van der Waals surface area contributed by atoms with Gasteiger partial charge in [0.25, 0.3) is 0 Å². The Morgan fingerprint density at radius 1 is 1.13 bits per heavy atom. The van der Waals surface area contributed by atoms with Crippen molar-refractivity contribution in [2.75, 3.05) is 0 Å². The van der Waals surface area contributed by atoms with E-state index in [0.717, 1.165) is 0 Å². The predicted octanol–water partition coefficient (Wildman–Crippen LogP) is 2.82. The zero-order valence-electron chi connectivity index (χ0n) is 11.5. The van der Waals surface area contributed by atoms with Crippen molar-refractivity contribution < 1.29 is 17.9 Å². The molecule has 5 nitrogen and oxygen atoms in total. The first-order valence-corrected chi connectivity index (χ1v) is 6.40. The van der Waals surface area contributed by atoms with Crippen molar-refractivity contribution in [1.29, 1.82) is 0 Å². The lowest BCUT2D eigenvalue weighted by Crippen LogP contribution is -2.17. The Bertz CT molecular complexity index is 839. The molecule has 0 bridgehead atoms. The molecule has 8 heteroatoms. The third kappa shape index (κ3) is 3.91. The van der Waals surface area contributed by atoms with Crippen LogP contribution < -0.4 is 4.74 Å². The zero-order valence-corrected chi connectivity index (χ0v) is 11.5. The number of benzene rings is 1. The molecule has 116 valence electrons. The van der Waals surface area contributed by atoms with Crippen LogP contribution in [0.4, 0.5) is 13.2 Å². The summed E-state index contributed by atoms with van der Waals surface area (Å²) >= 11 is 0. The van der Waals surface area contributed by atoms with E-state index >= 15 is 0 Å². The van der Waals surface area contributed by atoms with Gasteiger partial charge in [0.2, 0.25) is 0 Å². The van der Waals surface area contributed by atoms with Gasteiger partial charge < -0.3 is 4.74 Å². The Morgan fingerprint density at radius 3 is 2.57 bits per heavy atom. The fourth-order valence-electron chi connectivity index (χ4n) is 1.78. The fraction of sp³-hybridized carbons (Fsp3) is 0.0667. The van der Waals surface area contributed by atoms with Crippen LogP contribution in [0.1, 0.15) is 5.56 Å². The van der Waals surface area contributed by atoms with Gasteiger partial charge in [0, 0.05) is 24.6 Å². The Hall–Kier alpha value is -3.21. The first-order valence-electron chi connectivity index (χ1n) is 6.40. The van der Waals surface area contributed by atoms with Gasteiger partial charge in [-0.25, -0.2) is 9.67 Å². The second-order valence-electron chi connectivity index (χ2n) is 4.42. The molecule has 0 saturated carbocycles. The molecule has 0 aliphatic carbocycles. The van der Waals surface area contributed by atoms with Gasteiger partial charge in [-0.3, -0.25) is 4.57 Å². The third-order valence-electron chi connectivity index (χ3n) is 2.75. The lowest BCUT2D eigenvalue weighted by molar-refractivity contribution is -0.274. The van der Waals surface area contributed by atoms with E-state index in [0.29, 0.717) is 11.3 Å². The summed E-state index contributed by atoms with van der Waals surface area (Å²) in [5, 5.41) is 4.12. The molecule has 1 aromatic carbocycles. The summed E-state index contributed by atoms with van der Waals surface area (Å²) in [5.74, 6) is 2.61. The molecule has 0 fully saturated rings. The van der Waals surface area contributed by atoms with Gasteiger partial charge in [0.1, 0.15) is 12.1 Å². The highest BCUT2D eigenvalue weighted by Gasteiger charge is 2.30. The van der Waals surface area contributed by atoms with E-state index in [4.69, 9.17) is 0 Å². The Kier molecular flexibility index (Phi) is 3.76. The topological polar surface area (TPSA) is 44.9 Å².